The molecule has 1 fully saturated rings. The summed E-state index contributed by atoms with van der Waals surface area (Å²) < 4.78 is 0. The Morgan fingerprint density at radius 1 is 0.655 bits per heavy atom. The molecule has 1 heterocycles. The third kappa shape index (κ3) is 5.67. The van der Waals surface area contributed by atoms with Gasteiger partial charge in [0.25, 0.3) is 0 Å². The lowest BCUT2D eigenvalue weighted by molar-refractivity contribution is -0.00000590. The SMILES string of the molecule is CC[P+]1(c2ccccc2)CN(Cc2ccccc2)CN(Cc2ccccc2)C1.[I-]. The minimum Gasteiger partial charge on any atom is -1.00 e. The van der Waals surface area contributed by atoms with Gasteiger partial charge in [0.1, 0.15) is 12.6 Å². The Morgan fingerprint density at radius 2 is 1.07 bits per heavy atom. The molecule has 1 saturated heterocycles. The first-order chi connectivity index (χ1) is 13.8. The largest absolute Gasteiger partial charge is 1.00 e. The summed E-state index contributed by atoms with van der Waals surface area (Å²) in [5.74, 6) is 0. The van der Waals surface area contributed by atoms with Gasteiger partial charge in [-0.3, -0.25) is 9.80 Å². The summed E-state index contributed by atoms with van der Waals surface area (Å²) in [5, 5.41) is 1.58. The Kier molecular flexibility index (Phi) is 8.25. The van der Waals surface area contributed by atoms with E-state index in [-0.39, 0.29) is 24.0 Å². The molecule has 3 aromatic rings. The average Bonchev–Trinajstić information content (AvgIpc) is 2.75. The Labute approximate surface area is 193 Å². The molecule has 0 unspecified atom stereocenters. The van der Waals surface area contributed by atoms with E-state index in [1.165, 1.54) is 29.9 Å². The molecule has 4 rings (SSSR count). The van der Waals surface area contributed by atoms with E-state index in [4.69, 9.17) is 0 Å². The lowest BCUT2D eigenvalue weighted by Crippen LogP contribution is -3.00. The molecule has 1 aliphatic heterocycles. The van der Waals surface area contributed by atoms with E-state index < -0.39 is 7.26 Å². The van der Waals surface area contributed by atoms with Crippen molar-refractivity contribution in [3.8, 4) is 0 Å². The minimum atomic E-state index is -1.26. The van der Waals surface area contributed by atoms with Crippen LogP contribution in [-0.2, 0) is 13.1 Å². The van der Waals surface area contributed by atoms with Gasteiger partial charge in [-0.25, -0.2) is 0 Å². The van der Waals surface area contributed by atoms with Crippen molar-refractivity contribution in [2.75, 3.05) is 25.4 Å². The predicted molar refractivity (Wildman–Crippen MR) is 122 cm³/mol. The molecule has 0 spiro atoms. The highest BCUT2D eigenvalue weighted by Gasteiger charge is 2.45. The average molecular weight is 516 g/mol. The second-order valence-corrected chi connectivity index (χ2v) is 11.9. The van der Waals surface area contributed by atoms with Gasteiger partial charge in [0, 0.05) is 13.1 Å². The Balaban J connectivity index is 0.00000240. The number of hydrogen-bond acceptors (Lipinski definition) is 2. The Hall–Kier alpha value is -1.26. The van der Waals surface area contributed by atoms with Gasteiger partial charge in [-0.05, 0) is 30.2 Å². The third-order valence-corrected chi connectivity index (χ3v) is 10.2. The van der Waals surface area contributed by atoms with Crippen LogP contribution in [-0.4, -0.2) is 35.2 Å². The summed E-state index contributed by atoms with van der Waals surface area (Å²) in [7, 11) is -1.26. The number of halogens is 1. The summed E-state index contributed by atoms with van der Waals surface area (Å²) in [4.78, 5) is 5.35. The fourth-order valence-corrected chi connectivity index (χ4v) is 8.25. The normalized spacial score (nSPS) is 16.9. The van der Waals surface area contributed by atoms with Gasteiger partial charge in [0.2, 0.25) is 0 Å². The monoisotopic (exact) mass is 516 g/mol. The van der Waals surface area contributed by atoms with Crippen LogP contribution in [0.15, 0.2) is 91.0 Å². The molecule has 0 aromatic heterocycles. The standard InChI is InChI=1S/C25H30N2P.HI/c1-2-28(25-16-10-5-11-17-25)21-26(18-23-12-6-3-7-13-23)20-27(22-28)19-24-14-8-4-9-15-24;/h3-17H,2,18-22H2,1H3;1H/q+1;/p-1. The second-order valence-electron chi connectivity index (χ2n) is 7.85. The van der Waals surface area contributed by atoms with Crippen LogP contribution < -0.4 is 29.3 Å². The van der Waals surface area contributed by atoms with Crippen LogP contribution in [0.3, 0.4) is 0 Å². The van der Waals surface area contributed by atoms with E-state index in [0.29, 0.717) is 0 Å². The third-order valence-electron chi connectivity index (χ3n) is 5.75. The van der Waals surface area contributed by atoms with Crippen molar-refractivity contribution in [2.45, 2.75) is 20.0 Å². The van der Waals surface area contributed by atoms with Crippen molar-refractivity contribution >= 4 is 12.6 Å². The van der Waals surface area contributed by atoms with Gasteiger partial charge in [0.15, 0.2) is 0 Å². The summed E-state index contributed by atoms with van der Waals surface area (Å²) >= 11 is 0. The minimum absolute atomic E-state index is 0. The van der Waals surface area contributed by atoms with Crippen molar-refractivity contribution in [3.05, 3.63) is 102 Å². The highest BCUT2D eigenvalue weighted by Crippen LogP contribution is 2.60. The maximum Gasteiger partial charge on any atom is 0.119 e. The number of rotatable bonds is 6. The molecule has 29 heavy (non-hydrogen) atoms. The Morgan fingerprint density at radius 3 is 1.48 bits per heavy atom. The molecule has 0 amide bonds. The molecule has 2 nitrogen and oxygen atoms in total. The molecule has 0 aliphatic carbocycles. The zero-order valence-corrected chi connectivity index (χ0v) is 20.2. The smallest absolute Gasteiger partial charge is 0.119 e. The first kappa shape index (κ1) is 22.4. The van der Waals surface area contributed by atoms with Crippen molar-refractivity contribution in [2.24, 2.45) is 0 Å². The highest BCUT2D eigenvalue weighted by atomic mass is 127. The van der Waals surface area contributed by atoms with Crippen LogP contribution in [0.2, 0.25) is 0 Å². The van der Waals surface area contributed by atoms with Crippen LogP contribution in [0.25, 0.3) is 0 Å². The van der Waals surface area contributed by atoms with Crippen LogP contribution in [0.5, 0.6) is 0 Å². The number of hydrogen-bond donors (Lipinski definition) is 0. The van der Waals surface area contributed by atoms with Gasteiger partial charge in [-0.15, -0.1) is 0 Å². The molecule has 3 aromatic carbocycles. The van der Waals surface area contributed by atoms with Gasteiger partial charge >= 0.3 is 0 Å². The molecule has 0 N–H and O–H groups in total. The van der Waals surface area contributed by atoms with Crippen LogP contribution in [0.4, 0.5) is 0 Å². The van der Waals surface area contributed by atoms with Crippen molar-refractivity contribution < 1.29 is 24.0 Å². The lowest BCUT2D eigenvalue weighted by Gasteiger charge is -2.42. The molecule has 0 saturated carbocycles. The fourth-order valence-electron chi connectivity index (χ4n) is 4.36. The van der Waals surface area contributed by atoms with E-state index in [1.54, 1.807) is 5.30 Å². The van der Waals surface area contributed by atoms with Crippen molar-refractivity contribution in [1.82, 2.24) is 9.80 Å². The number of nitrogens with zero attached hydrogens (tertiary/aromatic N) is 2. The van der Waals surface area contributed by atoms with Crippen LogP contribution in [0.1, 0.15) is 18.1 Å². The van der Waals surface area contributed by atoms with E-state index >= 15 is 0 Å². The second kappa shape index (κ2) is 10.7. The molecule has 0 bridgehead atoms. The maximum absolute atomic E-state index is 2.67. The number of benzene rings is 3. The van der Waals surface area contributed by atoms with Crippen molar-refractivity contribution in [1.29, 1.82) is 0 Å². The summed E-state index contributed by atoms with van der Waals surface area (Å²) in [6.45, 7) is 5.49. The van der Waals surface area contributed by atoms with Crippen molar-refractivity contribution in [3.63, 3.8) is 0 Å². The first-order valence-electron chi connectivity index (χ1n) is 10.2. The lowest BCUT2D eigenvalue weighted by atomic mass is 10.2. The van der Waals surface area contributed by atoms with E-state index in [0.717, 1.165) is 19.8 Å². The zero-order valence-electron chi connectivity index (χ0n) is 17.1. The molecule has 0 radical (unpaired) electrons. The van der Waals surface area contributed by atoms with E-state index in [1.807, 2.05) is 0 Å². The summed E-state index contributed by atoms with van der Waals surface area (Å²) in [6, 6.07) is 33.1. The fraction of sp³-hybridized carbons (Fsp3) is 0.280. The molecule has 1 aliphatic rings. The molecular weight excluding hydrogens is 486 g/mol. The first-order valence-corrected chi connectivity index (χ1v) is 12.6. The zero-order chi connectivity index (χ0) is 19.2. The molecule has 152 valence electrons. The van der Waals surface area contributed by atoms with Crippen LogP contribution in [0, 0.1) is 0 Å². The topological polar surface area (TPSA) is 6.48 Å². The molecule has 4 heteroatoms. The molecule has 0 atom stereocenters. The quantitative estimate of drug-likeness (QED) is 0.367. The van der Waals surface area contributed by atoms with Gasteiger partial charge in [0.05, 0.1) is 25.4 Å². The highest BCUT2D eigenvalue weighted by molar-refractivity contribution is 7.82. The summed E-state index contributed by atoms with van der Waals surface area (Å²) in [6.07, 6.45) is 3.69. The Bertz CT molecular complexity index is 808. The van der Waals surface area contributed by atoms with Crippen LogP contribution >= 0.6 is 7.26 Å². The molecular formula is C25H30IN2P. The summed E-state index contributed by atoms with van der Waals surface area (Å²) in [5.41, 5.74) is 2.82. The van der Waals surface area contributed by atoms with E-state index in [2.05, 4.69) is 108 Å². The van der Waals surface area contributed by atoms with Gasteiger partial charge < -0.3 is 24.0 Å². The predicted octanol–water partition coefficient (Wildman–Crippen LogP) is 2.24. The van der Waals surface area contributed by atoms with Gasteiger partial charge in [-0.2, -0.15) is 0 Å². The van der Waals surface area contributed by atoms with E-state index in [9.17, 15) is 0 Å². The van der Waals surface area contributed by atoms with Gasteiger partial charge in [-0.1, -0.05) is 78.9 Å². The maximum atomic E-state index is 2.67.